The number of benzene rings is 2. The van der Waals surface area contributed by atoms with E-state index in [0.717, 1.165) is 15.2 Å². The molecule has 116 valence electrons. The Morgan fingerprint density at radius 2 is 1.83 bits per heavy atom. The summed E-state index contributed by atoms with van der Waals surface area (Å²) >= 11 is 1.49. The largest absolute Gasteiger partial charge is 0.345 e. The molecule has 1 heterocycles. The Morgan fingerprint density at radius 3 is 2.43 bits per heavy atom. The second kappa shape index (κ2) is 5.76. The predicted octanol–water partition coefficient (Wildman–Crippen LogP) is 3.90. The number of nitrogens with zero attached hydrogens (tertiary/aromatic N) is 1. The minimum Gasteiger partial charge on any atom is -0.345 e. The van der Waals surface area contributed by atoms with E-state index < -0.39 is 9.84 Å². The fourth-order valence-corrected chi connectivity index (χ4v) is 3.93. The van der Waals surface area contributed by atoms with Crippen LogP contribution < -0.4 is 0 Å². The first-order valence-electron chi connectivity index (χ1n) is 6.89. The molecule has 4 nitrogen and oxygen atoms in total. The molecule has 23 heavy (non-hydrogen) atoms. The van der Waals surface area contributed by atoms with Crippen LogP contribution >= 0.6 is 11.8 Å². The molecule has 2 aromatic carbocycles. The van der Waals surface area contributed by atoms with Crippen LogP contribution in [-0.4, -0.2) is 19.7 Å². The third-order valence-electron chi connectivity index (χ3n) is 3.50. The number of aryl methyl sites for hydroxylation is 1. The van der Waals surface area contributed by atoms with Crippen LogP contribution in [0.25, 0.3) is 10.9 Å². The molecule has 0 aliphatic heterocycles. The molecular formula is C17H14N2O2S2. The van der Waals surface area contributed by atoms with E-state index in [1.54, 1.807) is 18.2 Å². The molecule has 0 amide bonds. The van der Waals surface area contributed by atoms with E-state index in [9.17, 15) is 13.7 Å². The molecule has 0 atom stereocenters. The van der Waals surface area contributed by atoms with Gasteiger partial charge in [0.05, 0.1) is 9.79 Å². The molecule has 3 rings (SSSR count). The van der Waals surface area contributed by atoms with Gasteiger partial charge in [0.1, 0.15) is 11.8 Å². The summed E-state index contributed by atoms with van der Waals surface area (Å²) in [6.45, 7) is 2.02. The van der Waals surface area contributed by atoms with Gasteiger partial charge in [-0.3, -0.25) is 0 Å². The molecule has 0 saturated heterocycles. The van der Waals surface area contributed by atoms with Crippen LogP contribution in [0.2, 0.25) is 0 Å². The molecule has 1 N–H and O–H groups in total. The SMILES string of the molecule is Cc1ccc(Sc2c(C#N)[nH]c3cc(S(C)(=O)=O)ccc23)cc1. The Balaban J connectivity index is 2.12. The summed E-state index contributed by atoms with van der Waals surface area (Å²) in [5.74, 6) is 0. The number of fused-ring (bicyclic) bond motifs is 1. The molecule has 0 saturated carbocycles. The highest BCUT2D eigenvalue weighted by molar-refractivity contribution is 7.99. The Labute approximate surface area is 139 Å². The average molecular weight is 342 g/mol. The van der Waals surface area contributed by atoms with Gasteiger partial charge in [0.2, 0.25) is 0 Å². The lowest BCUT2D eigenvalue weighted by Crippen LogP contribution is -1.96. The highest BCUT2D eigenvalue weighted by Crippen LogP contribution is 2.37. The first-order valence-corrected chi connectivity index (χ1v) is 9.59. The van der Waals surface area contributed by atoms with E-state index in [2.05, 4.69) is 11.1 Å². The van der Waals surface area contributed by atoms with E-state index in [1.807, 2.05) is 31.2 Å². The summed E-state index contributed by atoms with van der Waals surface area (Å²) in [6.07, 6.45) is 1.17. The Hall–Kier alpha value is -2.23. The normalized spacial score (nSPS) is 11.5. The maximum atomic E-state index is 11.7. The summed E-state index contributed by atoms with van der Waals surface area (Å²) in [6, 6.07) is 15.1. The summed E-state index contributed by atoms with van der Waals surface area (Å²) in [5, 5.41) is 10.2. The number of hydrogen-bond acceptors (Lipinski definition) is 4. The van der Waals surface area contributed by atoms with Gasteiger partial charge in [0, 0.05) is 22.1 Å². The van der Waals surface area contributed by atoms with Gasteiger partial charge in [0.15, 0.2) is 9.84 Å². The van der Waals surface area contributed by atoms with E-state index >= 15 is 0 Å². The van der Waals surface area contributed by atoms with Crippen molar-refractivity contribution in [1.29, 1.82) is 5.26 Å². The van der Waals surface area contributed by atoms with Crippen LogP contribution in [0, 0.1) is 18.3 Å². The van der Waals surface area contributed by atoms with Gasteiger partial charge in [0.25, 0.3) is 0 Å². The summed E-state index contributed by atoms with van der Waals surface area (Å²) in [7, 11) is -3.28. The topological polar surface area (TPSA) is 73.7 Å². The molecule has 3 aromatic rings. The fourth-order valence-electron chi connectivity index (χ4n) is 2.29. The highest BCUT2D eigenvalue weighted by atomic mass is 32.2. The van der Waals surface area contributed by atoms with Crippen molar-refractivity contribution in [1.82, 2.24) is 4.98 Å². The van der Waals surface area contributed by atoms with Crippen LogP contribution in [0.5, 0.6) is 0 Å². The molecule has 0 fully saturated rings. The van der Waals surface area contributed by atoms with Gasteiger partial charge >= 0.3 is 0 Å². The smallest absolute Gasteiger partial charge is 0.175 e. The minimum absolute atomic E-state index is 0.239. The van der Waals surface area contributed by atoms with Crippen molar-refractivity contribution < 1.29 is 8.42 Å². The van der Waals surface area contributed by atoms with E-state index in [-0.39, 0.29) is 4.90 Å². The van der Waals surface area contributed by atoms with Crippen LogP contribution in [-0.2, 0) is 9.84 Å². The maximum Gasteiger partial charge on any atom is 0.175 e. The third-order valence-corrected chi connectivity index (χ3v) is 5.75. The predicted molar refractivity (Wildman–Crippen MR) is 91.4 cm³/mol. The zero-order valence-corrected chi connectivity index (χ0v) is 14.3. The molecule has 0 radical (unpaired) electrons. The van der Waals surface area contributed by atoms with Gasteiger partial charge in [-0.15, -0.1) is 0 Å². The van der Waals surface area contributed by atoms with Crippen LogP contribution in [0.3, 0.4) is 0 Å². The lowest BCUT2D eigenvalue weighted by Gasteiger charge is -2.02. The van der Waals surface area contributed by atoms with Gasteiger partial charge in [-0.25, -0.2) is 8.42 Å². The minimum atomic E-state index is -3.28. The van der Waals surface area contributed by atoms with Crippen molar-refractivity contribution in [3.05, 3.63) is 53.7 Å². The number of rotatable bonds is 3. The van der Waals surface area contributed by atoms with Crippen molar-refractivity contribution >= 4 is 32.5 Å². The Kier molecular flexibility index (Phi) is 3.92. The zero-order valence-electron chi connectivity index (χ0n) is 12.6. The first kappa shape index (κ1) is 15.7. The lowest BCUT2D eigenvalue weighted by atomic mass is 10.2. The third kappa shape index (κ3) is 3.11. The number of aromatic amines is 1. The zero-order chi connectivity index (χ0) is 16.6. The highest BCUT2D eigenvalue weighted by Gasteiger charge is 2.15. The van der Waals surface area contributed by atoms with Crippen molar-refractivity contribution in [3.63, 3.8) is 0 Å². The molecule has 0 unspecified atom stereocenters. The second-order valence-electron chi connectivity index (χ2n) is 5.34. The molecule has 0 bridgehead atoms. The number of hydrogen-bond donors (Lipinski definition) is 1. The van der Waals surface area contributed by atoms with Crippen molar-refractivity contribution in [3.8, 4) is 6.07 Å². The number of H-pyrrole nitrogens is 1. The molecule has 6 heteroatoms. The van der Waals surface area contributed by atoms with Gasteiger partial charge in [-0.2, -0.15) is 5.26 Å². The molecular weight excluding hydrogens is 328 g/mol. The standard InChI is InChI=1S/C17H14N2O2S2/c1-11-3-5-12(6-4-11)22-17-14-8-7-13(23(2,20)21)9-15(14)19-16(17)10-18/h3-9,19H,1-2H3. The maximum absolute atomic E-state index is 11.7. The summed E-state index contributed by atoms with van der Waals surface area (Å²) in [5.41, 5.74) is 2.27. The second-order valence-corrected chi connectivity index (χ2v) is 8.44. The van der Waals surface area contributed by atoms with Gasteiger partial charge in [-0.1, -0.05) is 35.5 Å². The number of aromatic nitrogens is 1. The van der Waals surface area contributed by atoms with Crippen molar-refractivity contribution in [2.45, 2.75) is 21.6 Å². The Bertz CT molecular complexity index is 1030. The molecule has 0 spiro atoms. The van der Waals surface area contributed by atoms with E-state index in [0.29, 0.717) is 11.2 Å². The van der Waals surface area contributed by atoms with E-state index in [1.165, 1.54) is 23.6 Å². The van der Waals surface area contributed by atoms with Crippen molar-refractivity contribution in [2.24, 2.45) is 0 Å². The Morgan fingerprint density at radius 1 is 1.13 bits per heavy atom. The van der Waals surface area contributed by atoms with Crippen LogP contribution in [0.15, 0.2) is 57.2 Å². The average Bonchev–Trinajstić information content (AvgIpc) is 2.86. The number of sulfone groups is 1. The van der Waals surface area contributed by atoms with Gasteiger partial charge < -0.3 is 4.98 Å². The van der Waals surface area contributed by atoms with Crippen LogP contribution in [0.4, 0.5) is 0 Å². The molecule has 0 aliphatic carbocycles. The number of nitrogens with one attached hydrogen (secondary N) is 1. The first-order chi connectivity index (χ1) is 10.9. The summed E-state index contributed by atoms with van der Waals surface area (Å²) < 4.78 is 23.4. The monoisotopic (exact) mass is 342 g/mol. The lowest BCUT2D eigenvalue weighted by molar-refractivity contribution is 0.602. The molecule has 1 aromatic heterocycles. The van der Waals surface area contributed by atoms with Gasteiger partial charge in [-0.05, 0) is 31.2 Å². The van der Waals surface area contributed by atoms with Crippen LogP contribution in [0.1, 0.15) is 11.3 Å². The fraction of sp³-hybridized carbons (Fsp3) is 0.118. The molecule has 0 aliphatic rings. The van der Waals surface area contributed by atoms with E-state index in [4.69, 9.17) is 0 Å². The van der Waals surface area contributed by atoms with Crippen molar-refractivity contribution in [2.75, 3.05) is 6.26 Å². The number of nitriles is 1. The quantitative estimate of drug-likeness (QED) is 0.783. The summed E-state index contributed by atoms with van der Waals surface area (Å²) in [4.78, 5) is 5.09.